The number of carbonyl (C=O) groups excluding carboxylic acids is 2. The minimum atomic E-state index is -4.31. The molecule has 0 aliphatic rings. The number of nitrogens with zero attached hydrogens (tertiary/aromatic N) is 2. The van der Waals surface area contributed by atoms with Gasteiger partial charge in [-0.2, -0.15) is 0 Å². The van der Waals surface area contributed by atoms with E-state index in [1.165, 1.54) is 37.3 Å². The van der Waals surface area contributed by atoms with E-state index in [4.69, 9.17) is 14.2 Å². The topological polar surface area (TPSA) is 114 Å². The van der Waals surface area contributed by atoms with Gasteiger partial charge in [0.05, 0.1) is 31.9 Å². The average molecular weight is 640 g/mol. The highest BCUT2D eigenvalue weighted by Crippen LogP contribution is 2.33. The summed E-state index contributed by atoms with van der Waals surface area (Å²) in [7, 11) is 0.123. The molecule has 0 saturated heterocycles. The summed E-state index contributed by atoms with van der Waals surface area (Å²) in [5.74, 6) is 0.319. The van der Waals surface area contributed by atoms with Crippen LogP contribution in [0.3, 0.4) is 0 Å². The van der Waals surface area contributed by atoms with Crippen molar-refractivity contribution in [1.82, 2.24) is 10.2 Å². The molecule has 0 aromatic heterocycles. The second kappa shape index (κ2) is 14.7. The molecule has 0 heterocycles. The molecule has 3 aromatic carbocycles. The maximum Gasteiger partial charge on any atom is 0.264 e. The molecule has 1 N–H and O–H groups in total. The van der Waals surface area contributed by atoms with Crippen LogP contribution in [-0.4, -0.2) is 64.6 Å². The van der Waals surface area contributed by atoms with Crippen LogP contribution in [0.2, 0.25) is 0 Å². The van der Waals surface area contributed by atoms with E-state index in [0.717, 1.165) is 21.0 Å². The van der Waals surface area contributed by atoms with Gasteiger partial charge in [-0.1, -0.05) is 25.1 Å². The first kappa shape index (κ1) is 35.2. The van der Waals surface area contributed by atoms with E-state index in [0.29, 0.717) is 23.6 Å². The van der Waals surface area contributed by atoms with Crippen LogP contribution in [0.1, 0.15) is 50.8 Å². The molecule has 0 fully saturated rings. The largest absolute Gasteiger partial charge is 0.497 e. The molecule has 11 heteroatoms. The number of amides is 2. The van der Waals surface area contributed by atoms with Gasteiger partial charge >= 0.3 is 0 Å². The van der Waals surface area contributed by atoms with Crippen molar-refractivity contribution in [3.05, 3.63) is 77.4 Å². The predicted molar refractivity (Wildman–Crippen MR) is 176 cm³/mol. The van der Waals surface area contributed by atoms with Crippen molar-refractivity contribution in [2.75, 3.05) is 32.2 Å². The third-order valence-corrected chi connectivity index (χ3v) is 8.86. The first-order valence-electron chi connectivity index (χ1n) is 14.7. The summed E-state index contributed by atoms with van der Waals surface area (Å²) in [6.45, 7) is 10.6. The minimum absolute atomic E-state index is 0.0587. The Labute approximate surface area is 267 Å². The zero-order valence-electron chi connectivity index (χ0n) is 27.6. The lowest BCUT2D eigenvalue weighted by molar-refractivity contribution is -0.141. The molecule has 10 nitrogen and oxygen atoms in total. The normalized spacial score (nSPS) is 12.2. The fourth-order valence-corrected chi connectivity index (χ4v) is 6.48. The highest BCUT2D eigenvalue weighted by molar-refractivity contribution is 7.92. The summed E-state index contributed by atoms with van der Waals surface area (Å²) in [5, 5.41) is 2.98. The molecule has 244 valence electrons. The van der Waals surface area contributed by atoms with Gasteiger partial charge in [-0.05, 0) is 94.1 Å². The number of rotatable bonds is 13. The first-order chi connectivity index (χ1) is 21.1. The summed E-state index contributed by atoms with van der Waals surface area (Å²) in [6.07, 6.45) is 0.309. The standard InChI is InChI=1S/C34H45N3O7S/c1-10-29(33(39)35-34(4,5)6)36(21-25-12-11-13-27(19-25)42-7)32(38)22-37(26-17-23(2)16-24(3)18-26)45(40,41)28-14-15-30(43-8)31(20-28)44-9/h11-20,29H,10,21-22H2,1-9H3,(H,35,39)/t29-/m0/s1. The molecule has 2 amide bonds. The lowest BCUT2D eigenvalue weighted by atomic mass is 10.1. The van der Waals surface area contributed by atoms with Gasteiger partial charge in [0.2, 0.25) is 11.8 Å². The van der Waals surface area contributed by atoms with Crippen molar-refractivity contribution >= 4 is 27.5 Å². The van der Waals surface area contributed by atoms with Crippen molar-refractivity contribution in [2.24, 2.45) is 0 Å². The Kier molecular flexibility index (Phi) is 11.5. The summed E-state index contributed by atoms with van der Waals surface area (Å²) in [6, 6.07) is 16.0. The number of carbonyl (C=O) groups is 2. The molecule has 0 aliphatic carbocycles. The second-order valence-corrected chi connectivity index (χ2v) is 13.8. The van der Waals surface area contributed by atoms with Crippen molar-refractivity contribution < 1.29 is 32.2 Å². The van der Waals surface area contributed by atoms with Crippen molar-refractivity contribution in [3.8, 4) is 17.2 Å². The lowest BCUT2D eigenvalue weighted by Crippen LogP contribution is -2.55. The Hall–Kier alpha value is -4.25. The van der Waals surface area contributed by atoms with Crippen LogP contribution in [-0.2, 0) is 26.2 Å². The van der Waals surface area contributed by atoms with Crippen molar-refractivity contribution in [3.63, 3.8) is 0 Å². The van der Waals surface area contributed by atoms with Crippen LogP contribution in [0.25, 0.3) is 0 Å². The molecule has 0 spiro atoms. The van der Waals surface area contributed by atoms with E-state index in [2.05, 4.69) is 5.32 Å². The van der Waals surface area contributed by atoms with Crippen molar-refractivity contribution in [1.29, 1.82) is 0 Å². The van der Waals surface area contributed by atoms with Gasteiger partial charge in [-0.3, -0.25) is 13.9 Å². The molecule has 0 aliphatic heterocycles. The zero-order chi connectivity index (χ0) is 33.5. The van der Waals surface area contributed by atoms with Gasteiger partial charge in [0.15, 0.2) is 11.5 Å². The van der Waals surface area contributed by atoms with Gasteiger partial charge in [0.25, 0.3) is 10.0 Å². The minimum Gasteiger partial charge on any atom is -0.497 e. The Morgan fingerprint density at radius 2 is 1.51 bits per heavy atom. The van der Waals surface area contributed by atoms with Gasteiger partial charge in [-0.25, -0.2) is 8.42 Å². The molecule has 3 rings (SSSR count). The van der Waals surface area contributed by atoms with Gasteiger partial charge < -0.3 is 24.4 Å². The van der Waals surface area contributed by atoms with E-state index in [1.54, 1.807) is 37.4 Å². The van der Waals surface area contributed by atoms with Crippen LogP contribution in [0.4, 0.5) is 5.69 Å². The predicted octanol–water partition coefficient (Wildman–Crippen LogP) is 5.25. The quantitative estimate of drug-likeness (QED) is 0.272. The Morgan fingerprint density at radius 1 is 0.867 bits per heavy atom. The maximum absolute atomic E-state index is 14.4. The fourth-order valence-electron chi connectivity index (χ4n) is 5.07. The van der Waals surface area contributed by atoms with E-state index < -0.39 is 34.1 Å². The maximum atomic E-state index is 14.4. The molecular formula is C34H45N3O7S. The molecule has 0 saturated carbocycles. The Balaban J connectivity index is 2.16. The number of ether oxygens (including phenoxy) is 3. The van der Waals surface area contributed by atoms with Crippen LogP contribution in [0.15, 0.2) is 65.6 Å². The smallest absolute Gasteiger partial charge is 0.264 e. The number of sulfonamides is 1. The van der Waals surface area contributed by atoms with Gasteiger partial charge in [0, 0.05) is 18.2 Å². The molecular weight excluding hydrogens is 594 g/mol. The third-order valence-electron chi connectivity index (χ3n) is 7.09. The third kappa shape index (κ3) is 8.91. The molecule has 1 atom stereocenters. The summed E-state index contributed by atoms with van der Waals surface area (Å²) in [4.78, 5) is 29.3. The molecule has 3 aromatic rings. The first-order valence-corrected chi connectivity index (χ1v) is 16.1. The number of hydrogen-bond donors (Lipinski definition) is 1. The van der Waals surface area contributed by atoms with Crippen LogP contribution < -0.4 is 23.8 Å². The zero-order valence-corrected chi connectivity index (χ0v) is 28.4. The Morgan fingerprint density at radius 3 is 2.07 bits per heavy atom. The Bertz CT molecular complexity index is 1600. The molecule has 0 unspecified atom stereocenters. The highest BCUT2D eigenvalue weighted by atomic mass is 32.2. The number of aryl methyl sites for hydroxylation is 2. The van der Waals surface area contributed by atoms with Crippen LogP contribution in [0.5, 0.6) is 17.2 Å². The highest BCUT2D eigenvalue weighted by Gasteiger charge is 2.35. The summed E-state index contributed by atoms with van der Waals surface area (Å²) in [5.41, 5.74) is 2.16. The van der Waals surface area contributed by atoms with E-state index in [-0.39, 0.29) is 23.1 Å². The molecule has 0 bridgehead atoms. The number of hydrogen-bond acceptors (Lipinski definition) is 7. The van der Waals surface area contributed by atoms with Gasteiger partial charge in [-0.15, -0.1) is 0 Å². The van der Waals surface area contributed by atoms with E-state index in [9.17, 15) is 18.0 Å². The molecule has 45 heavy (non-hydrogen) atoms. The number of nitrogens with one attached hydrogen (secondary N) is 1. The van der Waals surface area contributed by atoms with Crippen molar-refractivity contribution in [2.45, 2.75) is 71.0 Å². The monoisotopic (exact) mass is 639 g/mol. The lowest BCUT2D eigenvalue weighted by Gasteiger charge is -2.35. The van der Waals surface area contributed by atoms with Crippen LogP contribution >= 0.6 is 0 Å². The molecule has 0 radical (unpaired) electrons. The second-order valence-electron chi connectivity index (χ2n) is 11.9. The SMILES string of the molecule is CC[C@@H](C(=O)NC(C)(C)C)N(Cc1cccc(OC)c1)C(=O)CN(c1cc(C)cc(C)c1)S(=O)(=O)c1ccc(OC)c(OC)c1. The summed E-state index contributed by atoms with van der Waals surface area (Å²) < 4.78 is 45.8. The fraction of sp³-hybridized carbons (Fsp3) is 0.412. The number of methoxy groups -OCH3 is 3. The van der Waals surface area contributed by atoms with E-state index >= 15 is 0 Å². The van der Waals surface area contributed by atoms with E-state index in [1.807, 2.05) is 53.7 Å². The summed E-state index contributed by atoms with van der Waals surface area (Å²) >= 11 is 0. The average Bonchev–Trinajstić information content (AvgIpc) is 2.97. The van der Waals surface area contributed by atoms with Crippen LogP contribution in [0, 0.1) is 13.8 Å². The number of anilines is 1. The van der Waals surface area contributed by atoms with Gasteiger partial charge in [0.1, 0.15) is 18.3 Å². The number of benzene rings is 3.